The van der Waals surface area contributed by atoms with Crippen LogP contribution in [0.25, 0.3) is 0 Å². The summed E-state index contributed by atoms with van der Waals surface area (Å²) < 4.78 is 4.59. The molecule has 0 radical (unpaired) electrons. The van der Waals surface area contributed by atoms with E-state index in [0.29, 0.717) is 0 Å². The average molecular weight is 171 g/mol. The first-order chi connectivity index (χ1) is 5.70. The quantitative estimate of drug-likeness (QED) is 0.601. The molecule has 0 aromatic heterocycles. The van der Waals surface area contributed by atoms with E-state index in [1.165, 1.54) is 6.92 Å². The fraction of sp³-hybridized carbons (Fsp3) is 0.750. The number of esters is 1. The number of ether oxygens (including phenoxy) is 1. The van der Waals surface area contributed by atoms with Gasteiger partial charge in [0.25, 0.3) is 0 Å². The van der Waals surface area contributed by atoms with E-state index in [9.17, 15) is 9.59 Å². The van der Waals surface area contributed by atoms with Gasteiger partial charge in [-0.3, -0.25) is 9.59 Å². The fourth-order valence-corrected chi connectivity index (χ4v) is 1.23. The first-order valence-electron chi connectivity index (χ1n) is 4.09. The van der Waals surface area contributed by atoms with Gasteiger partial charge >= 0.3 is 5.97 Å². The monoisotopic (exact) mass is 171 g/mol. The number of carbonyl (C=O) groups excluding carboxylic acids is 2. The minimum Gasteiger partial charge on any atom is -0.458 e. The molecule has 0 spiro atoms. The van der Waals surface area contributed by atoms with Crippen LogP contribution in [0.1, 0.15) is 19.8 Å². The molecular formula is C8H13NO3. The first kappa shape index (κ1) is 9.19. The van der Waals surface area contributed by atoms with E-state index in [1.54, 1.807) is 0 Å². The van der Waals surface area contributed by atoms with Crippen molar-refractivity contribution in [2.45, 2.75) is 25.8 Å². The van der Waals surface area contributed by atoms with Gasteiger partial charge in [-0.2, -0.15) is 0 Å². The van der Waals surface area contributed by atoms with Crippen LogP contribution in [0.3, 0.4) is 0 Å². The van der Waals surface area contributed by atoms with Crippen molar-refractivity contribution in [1.82, 2.24) is 5.32 Å². The Morgan fingerprint density at radius 2 is 2.33 bits per heavy atom. The van der Waals surface area contributed by atoms with E-state index in [1.807, 2.05) is 0 Å². The predicted molar refractivity (Wildman–Crippen MR) is 42.7 cm³/mol. The normalized spacial score (nSPS) is 22.2. The largest absolute Gasteiger partial charge is 0.458 e. The van der Waals surface area contributed by atoms with Crippen molar-refractivity contribution in [2.24, 2.45) is 0 Å². The summed E-state index contributed by atoms with van der Waals surface area (Å²) in [6.45, 7) is 2.10. The third-order valence-corrected chi connectivity index (χ3v) is 1.87. The maximum absolute atomic E-state index is 11.2. The first-order valence-corrected chi connectivity index (χ1v) is 4.09. The second-order valence-electron chi connectivity index (χ2n) is 2.90. The van der Waals surface area contributed by atoms with Crippen LogP contribution in [0.15, 0.2) is 0 Å². The molecule has 0 amide bonds. The summed E-state index contributed by atoms with van der Waals surface area (Å²) in [5.41, 5.74) is 0. The van der Waals surface area contributed by atoms with E-state index < -0.39 is 5.97 Å². The molecule has 0 saturated carbocycles. The zero-order chi connectivity index (χ0) is 8.97. The average Bonchev–Trinajstić information content (AvgIpc) is 2.51. The van der Waals surface area contributed by atoms with E-state index in [0.717, 1.165) is 19.4 Å². The maximum Gasteiger partial charge on any atom is 0.303 e. The molecule has 1 aliphatic rings. The Hall–Kier alpha value is -0.900. The van der Waals surface area contributed by atoms with Crippen molar-refractivity contribution in [3.05, 3.63) is 0 Å². The van der Waals surface area contributed by atoms with Gasteiger partial charge < -0.3 is 10.1 Å². The van der Waals surface area contributed by atoms with E-state index >= 15 is 0 Å². The molecule has 1 unspecified atom stereocenters. The van der Waals surface area contributed by atoms with Crippen LogP contribution in [0.2, 0.25) is 0 Å². The van der Waals surface area contributed by atoms with Gasteiger partial charge in [-0.15, -0.1) is 0 Å². The van der Waals surface area contributed by atoms with Crippen LogP contribution in [-0.4, -0.2) is 30.9 Å². The molecule has 12 heavy (non-hydrogen) atoms. The number of rotatable bonds is 3. The van der Waals surface area contributed by atoms with Crippen LogP contribution in [0.4, 0.5) is 0 Å². The third-order valence-electron chi connectivity index (χ3n) is 1.87. The Labute approximate surface area is 71.3 Å². The van der Waals surface area contributed by atoms with E-state index in [4.69, 9.17) is 0 Å². The van der Waals surface area contributed by atoms with Gasteiger partial charge in [0.05, 0.1) is 6.04 Å². The molecule has 1 saturated heterocycles. The Bertz CT molecular complexity index is 185. The van der Waals surface area contributed by atoms with Crippen molar-refractivity contribution in [1.29, 1.82) is 0 Å². The standard InChI is InChI=1S/C8H13NO3/c1-6(10)12-5-8(11)7-3-2-4-9-7/h7,9H,2-5H2,1H3. The van der Waals surface area contributed by atoms with Crippen molar-refractivity contribution in [3.63, 3.8) is 0 Å². The van der Waals surface area contributed by atoms with Gasteiger partial charge in [0.15, 0.2) is 12.4 Å². The highest BCUT2D eigenvalue weighted by molar-refractivity contribution is 5.86. The molecule has 1 atom stereocenters. The zero-order valence-electron chi connectivity index (χ0n) is 7.13. The number of carbonyl (C=O) groups is 2. The Morgan fingerprint density at radius 1 is 1.58 bits per heavy atom. The van der Waals surface area contributed by atoms with Crippen molar-refractivity contribution in [2.75, 3.05) is 13.2 Å². The molecule has 0 aromatic rings. The van der Waals surface area contributed by atoms with Crippen molar-refractivity contribution >= 4 is 11.8 Å². The van der Waals surface area contributed by atoms with Crippen LogP contribution < -0.4 is 5.32 Å². The third kappa shape index (κ3) is 2.62. The van der Waals surface area contributed by atoms with E-state index in [2.05, 4.69) is 10.1 Å². The van der Waals surface area contributed by atoms with Crippen molar-refractivity contribution < 1.29 is 14.3 Å². The molecule has 4 heteroatoms. The molecule has 1 heterocycles. The molecule has 0 aromatic carbocycles. The summed E-state index contributed by atoms with van der Waals surface area (Å²) in [4.78, 5) is 21.6. The molecule has 4 nitrogen and oxygen atoms in total. The van der Waals surface area contributed by atoms with Gasteiger partial charge in [0.1, 0.15) is 0 Å². The number of hydrogen-bond donors (Lipinski definition) is 1. The van der Waals surface area contributed by atoms with Crippen LogP contribution in [0.5, 0.6) is 0 Å². The second-order valence-corrected chi connectivity index (χ2v) is 2.90. The predicted octanol–water partition coefficient (Wildman–Crippen LogP) is -0.129. The molecule has 0 aliphatic carbocycles. The number of Topliss-reactive ketones (excluding diaryl/α,β-unsaturated/α-hetero) is 1. The van der Waals surface area contributed by atoms with Gasteiger partial charge in [-0.25, -0.2) is 0 Å². The van der Waals surface area contributed by atoms with Gasteiger partial charge in [-0.05, 0) is 19.4 Å². The minimum atomic E-state index is -0.402. The zero-order valence-corrected chi connectivity index (χ0v) is 7.13. The summed E-state index contributed by atoms with van der Waals surface area (Å²) in [7, 11) is 0. The van der Waals surface area contributed by atoms with E-state index in [-0.39, 0.29) is 18.4 Å². The van der Waals surface area contributed by atoms with Gasteiger partial charge in [0, 0.05) is 6.92 Å². The lowest BCUT2D eigenvalue weighted by Gasteiger charge is -2.07. The van der Waals surface area contributed by atoms with Crippen LogP contribution >= 0.6 is 0 Å². The summed E-state index contributed by atoms with van der Waals surface area (Å²) >= 11 is 0. The Morgan fingerprint density at radius 3 is 2.83 bits per heavy atom. The van der Waals surface area contributed by atoms with Crippen LogP contribution in [-0.2, 0) is 14.3 Å². The molecule has 1 fully saturated rings. The number of ketones is 1. The maximum atomic E-state index is 11.2. The van der Waals surface area contributed by atoms with Crippen molar-refractivity contribution in [3.8, 4) is 0 Å². The lowest BCUT2D eigenvalue weighted by Crippen LogP contribution is -2.33. The van der Waals surface area contributed by atoms with Crippen LogP contribution in [0, 0.1) is 0 Å². The molecule has 1 aliphatic heterocycles. The highest BCUT2D eigenvalue weighted by Gasteiger charge is 2.22. The summed E-state index contributed by atoms with van der Waals surface area (Å²) in [6, 6.07) is -0.0932. The second kappa shape index (κ2) is 4.21. The topological polar surface area (TPSA) is 55.4 Å². The minimum absolute atomic E-state index is 0.0253. The van der Waals surface area contributed by atoms with Gasteiger partial charge in [-0.1, -0.05) is 0 Å². The molecule has 0 bridgehead atoms. The SMILES string of the molecule is CC(=O)OCC(=O)C1CCCN1. The summed E-state index contributed by atoms with van der Waals surface area (Å²) in [5, 5.41) is 3.04. The molecule has 68 valence electrons. The smallest absolute Gasteiger partial charge is 0.303 e. The highest BCUT2D eigenvalue weighted by Crippen LogP contribution is 2.05. The number of nitrogens with one attached hydrogen (secondary N) is 1. The Balaban J connectivity index is 2.23. The lowest BCUT2D eigenvalue weighted by molar-refractivity contribution is -0.146. The lowest BCUT2D eigenvalue weighted by atomic mass is 10.1. The Kier molecular flexibility index (Phi) is 3.22. The highest BCUT2D eigenvalue weighted by atomic mass is 16.5. The van der Waals surface area contributed by atoms with Gasteiger partial charge in [0.2, 0.25) is 0 Å². The molecular weight excluding hydrogens is 158 g/mol. The summed E-state index contributed by atoms with van der Waals surface area (Å²) in [5.74, 6) is -0.427. The molecule has 1 N–H and O–H groups in total. The summed E-state index contributed by atoms with van der Waals surface area (Å²) in [6.07, 6.45) is 1.89. The number of hydrogen-bond acceptors (Lipinski definition) is 4. The fourth-order valence-electron chi connectivity index (χ4n) is 1.23. The molecule has 1 rings (SSSR count).